The fourth-order valence-corrected chi connectivity index (χ4v) is 3.40. The number of benzene rings is 2. The lowest BCUT2D eigenvalue weighted by atomic mass is 10.0. The third-order valence-electron chi connectivity index (χ3n) is 4.01. The Kier molecular flexibility index (Phi) is 4.43. The number of amidine groups is 1. The summed E-state index contributed by atoms with van der Waals surface area (Å²) in [6.07, 6.45) is 0.207. The first-order valence-corrected chi connectivity index (χ1v) is 9.28. The van der Waals surface area contributed by atoms with E-state index < -0.39 is 15.6 Å². The third-order valence-corrected chi connectivity index (χ3v) is 4.98. The number of nitrogens with zero attached hydrogens (tertiary/aromatic N) is 1. The van der Waals surface area contributed by atoms with Crippen molar-refractivity contribution >= 4 is 27.5 Å². The van der Waals surface area contributed by atoms with Crippen molar-refractivity contribution in [3.8, 4) is 11.1 Å². The lowest BCUT2D eigenvalue weighted by Gasteiger charge is -2.20. The molecule has 8 nitrogen and oxygen atoms in total. The molecule has 0 bridgehead atoms. The van der Waals surface area contributed by atoms with E-state index in [2.05, 4.69) is 10.5 Å². The molecular weight excluding hydrogens is 356 g/mol. The van der Waals surface area contributed by atoms with Crippen LogP contribution in [0.1, 0.15) is 13.3 Å². The van der Waals surface area contributed by atoms with Gasteiger partial charge in [0.15, 0.2) is 0 Å². The average molecular weight is 374 g/mol. The smallest absolute Gasteiger partial charge is 0.271 e. The van der Waals surface area contributed by atoms with Crippen molar-refractivity contribution in [3.05, 3.63) is 48.5 Å². The van der Waals surface area contributed by atoms with Crippen molar-refractivity contribution in [2.75, 3.05) is 5.32 Å². The van der Waals surface area contributed by atoms with Crippen LogP contribution in [0.25, 0.3) is 11.1 Å². The Hall–Kier alpha value is -2.91. The number of rotatable bonds is 4. The molecule has 0 radical (unpaired) electrons. The predicted octanol–water partition coefficient (Wildman–Crippen LogP) is 1.39. The molecule has 9 heteroatoms. The number of carbonyl (C=O) groups is 1. The molecule has 0 aromatic heterocycles. The first-order chi connectivity index (χ1) is 12.2. The van der Waals surface area contributed by atoms with E-state index in [1.807, 2.05) is 0 Å². The highest BCUT2D eigenvalue weighted by atomic mass is 32.2. The molecule has 1 amide bonds. The maximum absolute atomic E-state index is 12.4. The van der Waals surface area contributed by atoms with Gasteiger partial charge in [-0.25, -0.2) is 13.6 Å². The van der Waals surface area contributed by atoms with Gasteiger partial charge in [0, 0.05) is 11.3 Å². The first-order valence-electron chi connectivity index (χ1n) is 7.73. The number of anilines is 1. The molecule has 2 aromatic rings. The van der Waals surface area contributed by atoms with Gasteiger partial charge in [-0.2, -0.15) is 0 Å². The molecule has 1 atom stereocenters. The van der Waals surface area contributed by atoms with Gasteiger partial charge in [0.25, 0.3) is 5.91 Å². The fourth-order valence-electron chi connectivity index (χ4n) is 2.64. The molecule has 5 N–H and O–H groups in total. The molecule has 0 saturated heterocycles. The summed E-state index contributed by atoms with van der Waals surface area (Å²) in [6.45, 7) is 1.60. The topological polar surface area (TPSA) is 137 Å². The lowest BCUT2D eigenvalue weighted by Crippen LogP contribution is -2.40. The Balaban J connectivity index is 1.81. The number of nitrogens with two attached hydrogens (primary N) is 2. The second-order valence-corrected chi connectivity index (χ2v) is 7.68. The van der Waals surface area contributed by atoms with Gasteiger partial charge in [0.05, 0.1) is 11.3 Å². The van der Waals surface area contributed by atoms with Crippen molar-refractivity contribution < 1.29 is 18.0 Å². The molecule has 1 heterocycles. The van der Waals surface area contributed by atoms with Gasteiger partial charge in [-0.15, -0.1) is 0 Å². The zero-order valence-electron chi connectivity index (χ0n) is 14.0. The van der Waals surface area contributed by atoms with E-state index in [0.717, 1.165) is 0 Å². The van der Waals surface area contributed by atoms with Crippen molar-refractivity contribution in [1.29, 1.82) is 0 Å². The summed E-state index contributed by atoms with van der Waals surface area (Å²) in [5.41, 5.74) is 6.08. The quantitative estimate of drug-likeness (QED) is 0.743. The van der Waals surface area contributed by atoms with Crippen LogP contribution < -0.4 is 16.2 Å². The monoisotopic (exact) mass is 374 g/mol. The summed E-state index contributed by atoms with van der Waals surface area (Å²) < 4.78 is 23.5. The van der Waals surface area contributed by atoms with Gasteiger partial charge in [-0.3, -0.25) is 4.79 Å². The summed E-state index contributed by atoms with van der Waals surface area (Å²) in [5.74, 6) is -0.114. The number of oxime groups is 1. The number of sulfonamides is 1. The highest BCUT2D eigenvalue weighted by Crippen LogP contribution is 2.28. The van der Waals surface area contributed by atoms with E-state index in [1.165, 1.54) is 6.07 Å². The standard InChI is InChI=1S/C17H18N4O4S/c1-17(10-15(18)21-25-17)16(22)20-12-8-6-11(7-9-12)13-4-2-3-5-14(13)26(19,23)24/h2-9H,10H2,1H3,(H2,18,21)(H,20,22)(H2,19,23,24). The van der Waals surface area contributed by atoms with Crippen LogP contribution in [0, 0.1) is 0 Å². The molecule has 0 fully saturated rings. The average Bonchev–Trinajstić information content (AvgIpc) is 2.95. The molecule has 0 saturated carbocycles. The van der Waals surface area contributed by atoms with Gasteiger partial charge in [0.2, 0.25) is 15.6 Å². The molecule has 1 unspecified atom stereocenters. The summed E-state index contributed by atoms with van der Waals surface area (Å²) in [5, 5.41) is 11.6. The first kappa shape index (κ1) is 17.9. The Labute approximate surface area is 150 Å². The summed E-state index contributed by atoms with van der Waals surface area (Å²) >= 11 is 0. The highest BCUT2D eigenvalue weighted by Gasteiger charge is 2.41. The largest absolute Gasteiger partial charge is 0.384 e. The van der Waals surface area contributed by atoms with Gasteiger partial charge in [-0.05, 0) is 30.7 Å². The molecule has 1 aliphatic heterocycles. The highest BCUT2D eigenvalue weighted by molar-refractivity contribution is 7.89. The normalized spacial score (nSPS) is 19.5. The Morgan fingerprint density at radius 1 is 1.19 bits per heavy atom. The lowest BCUT2D eigenvalue weighted by molar-refractivity contribution is -0.135. The second kappa shape index (κ2) is 6.43. The van der Waals surface area contributed by atoms with Crippen molar-refractivity contribution in [1.82, 2.24) is 0 Å². The fraction of sp³-hybridized carbons (Fsp3) is 0.176. The third kappa shape index (κ3) is 3.53. The van der Waals surface area contributed by atoms with Crippen LogP contribution in [-0.4, -0.2) is 25.8 Å². The van der Waals surface area contributed by atoms with Crippen molar-refractivity contribution in [3.63, 3.8) is 0 Å². The molecule has 0 aliphatic carbocycles. The molecule has 2 aromatic carbocycles. The number of nitrogens with one attached hydrogen (secondary N) is 1. The summed E-state index contributed by atoms with van der Waals surface area (Å²) in [6, 6.07) is 13.2. The number of primary sulfonamides is 1. The maximum atomic E-state index is 12.4. The van der Waals surface area contributed by atoms with Crippen LogP contribution in [0.3, 0.4) is 0 Å². The minimum Gasteiger partial charge on any atom is -0.384 e. The van der Waals surface area contributed by atoms with Gasteiger partial charge in [-0.1, -0.05) is 35.5 Å². The zero-order chi connectivity index (χ0) is 18.9. The Morgan fingerprint density at radius 3 is 2.42 bits per heavy atom. The Morgan fingerprint density at radius 2 is 1.85 bits per heavy atom. The molecular formula is C17H18N4O4S. The number of hydrogen-bond donors (Lipinski definition) is 3. The molecule has 0 spiro atoms. The number of hydrogen-bond acceptors (Lipinski definition) is 6. The zero-order valence-corrected chi connectivity index (χ0v) is 14.8. The molecule has 3 rings (SSSR count). The van der Waals surface area contributed by atoms with E-state index in [4.69, 9.17) is 15.7 Å². The minimum atomic E-state index is -3.85. The molecule has 26 heavy (non-hydrogen) atoms. The maximum Gasteiger partial charge on any atom is 0.271 e. The van der Waals surface area contributed by atoms with Crippen LogP contribution in [0.15, 0.2) is 58.6 Å². The molecule has 1 aliphatic rings. The van der Waals surface area contributed by atoms with Gasteiger partial charge < -0.3 is 15.9 Å². The van der Waals surface area contributed by atoms with Crippen LogP contribution in [0.2, 0.25) is 0 Å². The van der Waals surface area contributed by atoms with Crippen LogP contribution >= 0.6 is 0 Å². The van der Waals surface area contributed by atoms with Crippen molar-refractivity contribution in [2.24, 2.45) is 16.0 Å². The summed E-state index contributed by atoms with van der Waals surface area (Å²) in [4.78, 5) is 17.5. The minimum absolute atomic E-state index is 0.0382. The number of carbonyl (C=O) groups excluding carboxylic acids is 1. The summed E-state index contributed by atoms with van der Waals surface area (Å²) in [7, 11) is -3.85. The van der Waals surface area contributed by atoms with Gasteiger partial charge >= 0.3 is 0 Å². The van der Waals surface area contributed by atoms with Crippen LogP contribution in [0.4, 0.5) is 5.69 Å². The van der Waals surface area contributed by atoms with Crippen LogP contribution in [-0.2, 0) is 19.7 Å². The number of amides is 1. The van der Waals surface area contributed by atoms with Gasteiger partial charge in [0.1, 0.15) is 5.84 Å². The molecule has 136 valence electrons. The predicted molar refractivity (Wildman–Crippen MR) is 97.6 cm³/mol. The van der Waals surface area contributed by atoms with E-state index in [-0.39, 0.29) is 23.1 Å². The van der Waals surface area contributed by atoms with E-state index >= 15 is 0 Å². The Bertz CT molecular complexity index is 986. The SMILES string of the molecule is CC1(C(=O)Nc2ccc(-c3ccccc3S(N)(=O)=O)cc2)CC(N)=NO1. The van der Waals surface area contributed by atoms with Crippen molar-refractivity contribution in [2.45, 2.75) is 23.8 Å². The van der Waals surface area contributed by atoms with E-state index in [1.54, 1.807) is 49.4 Å². The van der Waals surface area contributed by atoms with E-state index in [0.29, 0.717) is 16.8 Å². The van der Waals surface area contributed by atoms with E-state index in [9.17, 15) is 13.2 Å². The second-order valence-electron chi connectivity index (χ2n) is 6.15. The van der Waals surface area contributed by atoms with Crippen LogP contribution in [0.5, 0.6) is 0 Å².